The van der Waals surface area contributed by atoms with Crippen LogP contribution in [0.15, 0.2) is 0 Å². The van der Waals surface area contributed by atoms with Gasteiger partial charge >= 0.3 is 90.2 Å². The second-order valence-electron chi connectivity index (χ2n) is 5.09. The summed E-state index contributed by atoms with van der Waals surface area (Å²) in [5.41, 5.74) is 0. The maximum atomic E-state index is 11.4. The van der Waals surface area contributed by atoms with E-state index in [-0.39, 0.29) is 79.3 Å². The Kier molecular flexibility index (Phi) is 30.9. The SMILES string of the molecule is O=C1OCCOCCOCCOC(=O)C(=O)OCCOCCOCCOC1=O.[Cl][Co][Cl].[Cl][Co][Cl]. The molecule has 0 aromatic rings. The Morgan fingerprint density at radius 3 is 0.706 bits per heavy atom. The first-order valence-electron chi connectivity index (χ1n) is 9.10. The molecule has 18 heteroatoms. The third-order valence-electron chi connectivity index (χ3n) is 2.92. The molecule has 1 aliphatic rings. The van der Waals surface area contributed by atoms with Gasteiger partial charge in [0.05, 0.1) is 52.9 Å². The van der Waals surface area contributed by atoms with Crippen LogP contribution in [-0.4, -0.2) is 103 Å². The second kappa shape index (κ2) is 29.1. The van der Waals surface area contributed by atoms with E-state index in [1.807, 2.05) is 0 Å². The fourth-order valence-electron chi connectivity index (χ4n) is 1.65. The van der Waals surface area contributed by atoms with Crippen molar-refractivity contribution in [1.82, 2.24) is 0 Å². The molecule has 34 heavy (non-hydrogen) atoms. The van der Waals surface area contributed by atoms with Crippen LogP contribution in [0.2, 0.25) is 0 Å². The van der Waals surface area contributed by atoms with Crippen LogP contribution in [0, 0.1) is 0 Å². The van der Waals surface area contributed by atoms with E-state index in [0.717, 1.165) is 0 Å². The normalized spacial score (nSPS) is 18.9. The fraction of sp³-hybridized carbons (Fsp3) is 0.750. The summed E-state index contributed by atoms with van der Waals surface area (Å²) in [6.07, 6.45) is 0. The van der Waals surface area contributed by atoms with Gasteiger partial charge < -0.3 is 37.9 Å². The summed E-state index contributed by atoms with van der Waals surface area (Å²) < 4.78 is 39.2. The van der Waals surface area contributed by atoms with E-state index in [4.69, 9.17) is 59.5 Å². The van der Waals surface area contributed by atoms with Crippen molar-refractivity contribution >= 4 is 64.5 Å². The van der Waals surface area contributed by atoms with Crippen molar-refractivity contribution in [3.05, 3.63) is 0 Å². The van der Waals surface area contributed by atoms with Crippen molar-refractivity contribution in [2.75, 3.05) is 79.3 Å². The van der Waals surface area contributed by atoms with Gasteiger partial charge in [-0.25, -0.2) is 19.2 Å². The summed E-state index contributed by atoms with van der Waals surface area (Å²) in [7, 11) is 18.9. The van der Waals surface area contributed by atoms with Crippen LogP contribution in [0.4, 0.5) is 0 Å². The van der Waals surface area contributed by atoms with E-state index in [1.54, 1.807) is 0 Å². The molecule has 1 rings (SSSR count). The molecule has 1 heterocycles. The number of hydrogen-bond acceptors (Lipinski definition) is 12. The average Bonchev–Trinajstić information content (AvgIpc) is 2.81. The quantitative estimate of drug-likeness (QED) is 0.207. The van der Waals surface area contributed by atoms with E-state index in [2.05, 4.69) is 18.9 Å². The molecular weight excluding hydrogens is 644 g/mol. The molecule has 1 saturated heterocycles. The average molecular weight is 668 g/mol. The molecule has 1 aliphatic heterocycles. The van der Waals surface area contributed by atoms with Crippen LogP contribution in [0.3, 0.4) is 0 Å². The molecule has 0 spiro atoms. The van der Waals surface area contributed by atoms with Crippen molar-refractivity contribution in [3.63, 3.8) is 0 Å². The van der Waals surface area contributed by atoms with Gasteiger partial charge in [-0.1, -0.05) is 0 Å². The van der Waals surface area contributed by atoms with E-state index >= 15 is 0 Å². The zero-order valence-electron chi connectivity index (χ0n) is 17.6. The summed E-state index contributed by atoms with van der Waals surface area (Å²) in [6, 6.07) is 0. The summed E-state index contributed by atoms with van der Waals surface area (Å²) in [6.45, 7) is 0.512. The molecule has 12 nitrogen and oxygen atoms in total. The molecular formula is C16H24Cl4Co2O12. The Labute approximate surface area is 225 Å². The third kappa shape index (κ3) is 26.5. The molecule has 0 unspecified atom stereocenters. The Hall–Kier alpha value is -0.107. The second-order valence-corrected chi connectivity index (χ2v) is 8.53. The van der Waals surface area contributed by atoms with Crippen LogP contribution in [0.5, 0.6) is 0 Å². The van der Waals surface area contributed by atoms with Gasteiger partial charge in [-0.05, 0) is 0 Å². The van der Waals surface area contributed by atoms with Gasteiger partial charge in [0.25, 0.3) is 0 Å². The van der Waals surface area contributed by atoms with Crippen molar-refractivity contribution in [3.8, 4) is 0 Å². The number of halogens is 4. The number of esters is 4. The molecule has 0 aliphatic carbocycles. The predicted molar refractivity (Wildman–Crippen MR) is 111 cm³/mol. The van der Waals surface area contributed by atoms with Crippen molar-refractivity contribution < 1.29 is 82.9 Å². The van der Waals surface area contributed by atoms with Crippen molar-refractivity contribution in [2.45, 2.75) is 0 Å². The van der Waals surface area contributed by atoms with Crippen molar-refractivity contribution in [1.29, 1.82) is 0 Å². The van der Waals surface area contributed by atoms with Crippen LogP contribution < -0.4 is 0 Å². The molecule has 0 atom stereocenters. The monoisotopic (exact) mass is 666 g/mol. The number of carbonyl (C=O) groups is 4. The van der Waals surface area contributed by atoms with E-state index in [9.17, 15) is 19.2 Å². The molecule has 0 radical (unpaired) electrons. The Bertz CT molecular complexity index is 458. The van der Waals surface area contributed by atoms with Crippen LogP contribution >= 0.6 is 40.6 Å². The molecule has 1 fully saturated rings. The number of carbonyl (C=O) groups excluding carboxylic acids is 4. The first-order chi connectivity index (χ1) is 16.4. The molecule has 0 saturated carbocycles. The van der Waals surface area contributed by atoms with Gasteiger partial charge in [0, 0.05) is 0 Å². The summed E-state index contributed by atoms with van der Waals surface area (Å²) in [4.78, 5) is 45.4. The molecule has 0 amide bonds. The Morgan fingerprint density at radius 2 is 0.529 bits per heavy atom. The third-order valence-corrected chi connectivity index (χ3v) is 2.92. The van der Waals surface area contributed by atoms with Gasteiger partial charge in [-0.2, -0.15) is 0 Å². The van der Waals surface area contributed by atoms with Gasteiger partial charge in [-0.15, -0.1) is 0 Å². The number of hydrogen-bond donors (Lipinski definition) is 0. The van der Waals surface area contributed by atoms with Crippen molar-refractivity contribution in [2.24, 2.45) is 0 Å². The Balaban J connectivity index is 0. The minimum atomic E-state index is -1.12. The summed E-state index contributed by atoms with van der Waals surface area (Å²) in [5.74, 6) is -4.47. The van der Waals surface area contributed by atoms with Crippen LogP contribution in [0.25, 0.3) is 0 Å². The van der Waals surface area contributed by atoms with E-state index < -0.39 is 23.9 Å². The van der Waals surface area contributed by atoms with Gasteiger partial charge in [0.15, 0.2) is 0 Å². The topological polar surface area (TPSA) is 142 Å². The maximum absolute atomic E-state index is 11.4. The minimum absolute atomic E-state index is 0.0618. The van der Waals surface area contributed by atoms with E-state index in [1.165, 1.54) is 0 Å². The predicted octanol–water partition coefficient (Wildman–Crippen LogP) is 0.992. The summed E-state index contributed by atoms with van der Waals surface area (Å²) >= 11 is 0.764. The molecule has 0 N–H and O–H groups in total. The first-order valence-corrected chi connectivity index (χ1v) is 14.8. The number of ether oxygens (including phenoxy) is 8. The zero-order valence-corrected chi connectivity index (χ0v) is 22.7. The van der Waals surface area contributed by atoms with Gasteiger partial charge in [0.1, 0.15) is 26.4 Å². The van der Waals surface area contributed by atoms with Gasteiger partial charge in [0.2, 0.25) is 0 Å². The molecule has 0 aromatic carbocycles. The molecule has 0 aromatic heterocycles. The standard InChI is InChI=1S/C16H24O12.4ClH.2Co/c17-13-14(18)27-11-7-23-3-4-24-8-12-28-16(20)15(19)26-10-6-22-2-1-21-5-9-25-13;;;;;;/h1-12H2;4*1H;;/q;;;;;2*+2/p-4. The van der Waals surface area contributed by atoms with Gasteiger partial charge in [-0.3, -0.25) is 0 Å². The molecule has 0 bridgehead atoms. The number of rotatable bonds is 0. The molecule has 206 valence electrons. The Morgan fingerprint density at radius 1 is 0.382 bits per heavy atom. The van der Waals surface area contributed by atoms with Crippen LogP contribution in [0.1, 0.15) is 0 Å². The fourth-order valence-corrected chi connectivity index (χ4v) is 1.65. The summed E-state index contributed by atoms with van der Waals surface area (Å²) in [5, 5.41) is 0. The van der Waals surface area contributed by atoms with Crippen LogP contribution in [-0.2, 0) is 82.9 Å². The number of cyclic esters (lactones) is 4. The first kappa shape index (κ1) is 36.1. The van der Waals surface area contributed by atoms with E-state index in [0.29, 0.717) is 25.8 Å². The zero-order chi connectivity index (χ0) is 25.9.